The minimum Gasteiger partial charge on any atom is -0.352 e. The Labute approximate surface area is 223 Å². The molecule has 0 radical (unpaired) electrons. The number of aryl methyl sites for hydroxylation is 1. The molecule has 1 atom stereocenters. The number of thioether (sulfide) groups is 1. The average molecular weight is 519 g/mol. The van der Waals surface area contributed by atoms with Crippen molar-refractivity contribution in [1.82, 2.24) is 10.2 Å². The molecule has 0 spiro atoms. The summed E-state index contributed by atoms with van der Waals surface area (Å²) in [6, 6.07) is 23.8. The van der Waals surface area contributed by atoms with Gasteiger partial charge >= 0.3 is 0 Å². The second-order valence-corrected chi connectivity index (χ2v) is 10.9. The Hall–Kier alpha value is -3.12. The fraction of sp³-hybridized carbons (Fsp3) is 0.355. The molecule has 1 aliphatic carbocycles. The number of amides is 2. The van der Waals surface area contributed by atoms with Gasteiger partial charge in [0.1, 0.15) is 11.9 Å². The van der Waals surface area contributed by atoms with Crippen LogP contribution in [0, 0.1) is 12.7 Å². The number of carbonyl (C=O) groups excluding carboxylic acids is 2. The SMILES string of the molecule is Cc1ccc(SCCC(=O)N(Cc2ccccc2F)[C@H](Cc2ccccc2)C(=O)NC2CCCC2)cc1. The third kappa shape index (κ3) is 7.93. The van der Waals surface area contributed by atoms with Crippen molar-refractivity contribution in [2.24, 2.45) is 0 Å². The number of nitrogens with zero attached hydrogens (tertiary/aromatic N) is 1. The number of nitrogens with one attached hydrogen (secondary N) is 1. The van der Waals surface area contributed by atoms with Gasteiger partial charge in [-0.05, 0) is 43.5 Å². The summed E-state index contributed by atoms with van der Waals surface area (Å²) in [4.78, 5) is 30.0. The number of carbonyl (C=O) groups is 2. The van der Waals surface area contributed by atoms with Crippen molar-refractivity contribution in [2.45, 2.75) is 69.0 Å². The number of rotatable bonds is 11. The zero-order valence-electron chi connectivity index (χ0n) is 21.4. The second kappa shape index (κ2) is 13.4. The van der Waals surface area contributed by atoms with Gasteiger partial charge in [-0.25, -0.2) is 4.39 Å². The fourth-order valence-corrected chi connectivity index (χ4v) is 5.61. The van der Waals surface area contributed by atoms with Crippen LogP contribution in [-0.4, -0.2) is 34.6 Å². The van der Waals surface area contributed by atoms with Gasteiger partial charge in [-0.15, -0.1) is 11.8 Å². The van der Waals surface area contributed by atoms with Gasteiger partial charge in [-0.1, -0.05) is 79.1 Å². The highest BCUT2D eigenvalue weighted by molar-refractivity contribution is 7.99. The zero-order chi connectivity index (χ0) is 26.0. The van der Waals surface area contributed by atoms with E-state index in [0.29, 0.717) is 17.7 Å². The molecule has 0 aromatic heterocycles. The van der Waals surface area contributed by atoms with Crippen molar-refractivity contribution < 1.29 is 14.0 Å². The van der Waals surface area contributed by atoms with Crippen molar-refractivity contribution in [2.75, 3.05) is 5.75 Å². The molecule has 1 N–H and O–H groups in total. The highest BCUT2D eigenvalue weighted by atomic mass is 32.2. The minimum absolute atomic E-state index is 0.0519. The van der Waals surface area contributed by atoms with Crippen molar-refractivity contribution in [3.63, 3.8) is 0 Å². The van der Waals surface area contributed by atoms with Crippen LogP contribution in [0.15, 0.2) is 83.8 Å². The number of benzene rings is 3. The van der Waals surface area contributed by atoms with Gasteiger partial charge in [-0.3, -0.25) is 9.59 Å². The Morgan fingerprint density at radius 1 is 0.973 bits per heavy atom. The van der Waals surface area contributed by atoms with E-state index >= 15 is 0 Å². The van der Waals surface area contributed by atoms with Crippen LogP contribution in [-0.2, 0) is 22.6 Å². The van der Waals surface area contributed by atoms with Gasteiger partial charge in [-0.2, -0.15) is 0 Å². The average Bonchev–Trinajstić information content (AvgIpc) is 3.42. The van der Waals surface area contributed by atoms with Gasteiger partial charge in [0.2, 0.25) is 11.8 Å². The lowest BCUT2D eigenvalue weighted by atomic mass is 10.0. The molecule has 0 bridgehead atoms. The van der Waals surface area contributed by atoms with E-state index in [1.54, 1.807) is 34.9 Å². The Bertz CT molecular complexity index is 1160. The van der Waals surface area contributed by atoms with Crippen LogP contribution < -0.4 is 5.32 Å². The Balaban J connectivity index is 1.56. The van der Waals surface area contributed by atoms with Crippen LogP contribution in [0.25, 0.3) is 0 Å². The molecule has 37 heavy (non-hydrogen) atoms. The summed E-state index contributed by atoms with van der Waals surface area (Å²) in [5.41, 5.74) is 2.57. The molecule has 0 aliphatic heterocycles. The van der Waals surface area contributed by atoms with Gasteiger partial charge in [0.25, 0.3) is 0 Å². The molecule has 2 amide bonds. The quantitative estimate of drug-likeness (QED) is 0.303. The Morgan fingerprint density at radius 2 is 1.65 bits per heavy atom. The van der Waals surface area contributed by atoms with Gasteiger partial charge < -0.3 is 10.2 Å². The fourth-order valence-electron chi connectivity index (χ4n) is 4.77. The lowest BCUT2D eigenvalue weighted by molar-refractivity contribution is -0.141. The highest BCUT2D eigenvalue weighted by Gasteiger charge is 2.32. The first-order valence-corrected chi connectivity index (χ1v) is 14.0. The molecule has 4 nitrogen and oxygen atoms in total. The van der Waals surface area contributed by atoms with E-state index < -0.39 is 6.04 Å². The summed E-state index contributed by atoms with van der Waals surface area (Å²) in [5, 5.41) is 3.19. The molecule has 4 rings (SSSR count). The Morgan fingerprint density at radius 3 is 2.35 bits per heavy atom. The van der Waals surface area contributed by atoms with Gasteiger partial charge in [0.05, 0.1) is 0 Å². The third-order valence-electron chi connectivity index (χ3n) is 6.88. The maximum atomic E-state index is 14.7. The molecule has 3 aromatic rings. The van der Waals surface area contributed by atoms with E-state index in [-0.39, 0.29) is 36.6 Å². The molecule has 1 saturated carbocycles. The van der Waals surface area contributed by atoms with E-state index in [0.717, 1.165) is 36.1 Å². The first-order valence-electron chi connectivity index (χ1n) is 13.1. The van der Waals surface area contributed by atoms with E-state index in [9.17, 15) is 14.0 Å². The normalized spacial score (nSPS) is 14.3. The van der Waals surface area contributed by atoms with Crippen LogP contribution in [0.3, 0.4) is 0 Å². The molecule has 0 saturated heterocycles. The molecule has 194 valence electrons. The lowest BCUT2D eigenvalue weighted by Crippen LogP contribution is -2.52. The first-order chi connectivity index (χ1) is 18.0. The molecule has 1 aliphatic rings. The standard InChI is InChI=1S/C31H35FN2O2S/c1-23-15-17-27(18-16-23)37-20-19-30(35)34(22-25-11-5-8-14-28(25)32)29(21-24-9-3-2-4-10-24)31(36)33-26-12-6-7-13-26/h2-5,8-11,14-18,26,29H,6-7,12-13,19-22H2,1H3,(H,33,36)/t29-/m1/s1. The number of hydrogen-bond acceptors (Lipinski definition) is 3. The largest absolute Gasteiger partial charge is 0.352 e. The second-order valence-electron chi connectivity index (χ2n) is 9.72. The van der Waals surface area contributed by atoms with E-state index in [4.69, 9.17) is 0 Å². The van der Waals surface area contributed by atoms with Crippen molar-refractivity contribution in [3.05, 3.63) is 101 Å². The molecule has 0 heterocycles. The number of hydrogen-bond donors (Lipinski definition) is 1. The minimum atomic E-state index is -0.723. The summed E-state index contributed by atoms with van der Waals surface area (Å²) in [6.45, 7) is 2.10. The highest BCUT2D eigenvalue weighted by Crippen LogP contribution is 2.23. The molecular formula is C31H35FN2O2S. The van der Waals surface area contributed by atoms with Crippen LogP contribution in [0.2, 0.25) is 0 Å². The third-order valence-corrected chi connectivity index (χ3v) is 7.89. The van der Waals surface area contributed by atoms with Gasteiger partial charge in [0.15, 0.2) is 0 Å². The Kier molecular flexibility index (Phi) is 9.78. The van der Waals surface area contributed by atoms with Crippen LogP contribution in [0.5, 0.6) is 0 Å². The van der Waals surface area contributed by atoms with E-state index in [2.05, 4.69) is 29.6 Å². The maximum Gasteiger partial charge on any atom is 0.243 e. The lowest BCUT2D eigenvalue weighted by Gasteiger charge is -2.32. The van der Waals surface area contributed by atoms with Crippen LogP contribution in [0.1, 0.15) is 48.8 Å². The number of halogens is 1. The first kappa shape index (κ1) is 26.9. The van der Waals surface area contributed by atoms with Gasteiger partial charge in [0, 0.05) is 41.6 Å². The predicted octanol–water partition coefficient (Wildman–Crippen LogP) is 6.32. The zero-order valence-corrected chi connectivity index (χ0v) is 22.2. The van der Waals surface area contributed by atoms with Crippen LogP contribution in [0.4, 0.5) is 4.39 Å². The molecule has 0 unspecified atom stereocenters. The summed E-state index contributed by atoms with van der Waals surface area (Å²) < 4.78 is 14.7. The molecule has 1 fully saturated rings. The van der Waals surface area contributed by atoms with Crippen molar-refractivity contribution in [3.8, 4) is 0 Å². The molecule has 6 heteroatoms. The topological polar surface area (TPSA) is 49.4 Å². The van der Waals surface area contributed by atoms with E-state index in [1.165, 1.54) is 11.6 Å². The maximum absolute atomic E-state index is 14.7. The van der Waals surface area contributed by atoms with Crippen molar-refractivity contribution in [1.29, 1.82) is 0 Å². The van der Waals surface area contributed by atoms with E-state index in [1.807, 2.05) is 37.3 Å². The smallest absolute Gasteiger partial charge is 0.243 e. The van der Waals surface area contributed by atoms with Crippen molar-refractivity contribution >= 4 is 23.6 Å². The summed E-state index contributed by atoms with van der Waals surface area (Å²) in [7, 11) is 0. The summed E-state index contributed by atoms with van der Waals surface area (Å²) >= 11 is 1.61. The molecular weight excluding hydrogens is 483 g/mol. The predicted molar refractivity (Wildman–Crippen MR) is 148 cm³/mol. The van der Waals surface area contributed by atoms with Crippen LogP contribution >= 0.6 is 11.8 Å². The summed E-state index contributed by atoms with van der Waals surface area (Å²) in [6.07, 6.45) is 4.75. The monoisotopic (exact) mass is 518 g/mol. The summed E-state index contributed by atoms with van der Waals surface area (Å²) in [5.74, 6) is -0.0983. The molecule has 3 aromatic carbocycles.